The second-order valence-electron chi connectivity index (χ2n) is 2.34. The Kier molecular flexibility index (Phi) is 2.47. The van der Waals surface area contributed by atoms with Gasteiger partial charge in [-0.3, -0.25) is 0 Å². The molecule has 0 aliphatic carbocycles. The monoisotopic (exact) mass is 220 g/mol. The van der Waals surface area contributed by atoms with Gasteiger partial charge in [-0.2, -0.15) is 10.5 Å². The molecular formula is C9H5BrN2. The standard InChI is InChI=1S/C9H5BrN2/c1-6-2-3-9(10)8(5-12)7(6)4-11/h2-3H,1H3. The molecule has 0 atom stereocenters. The van der Waals surface area contributed by atoms with Crippen LogP contribution in [0.1, 0.15) is 16.7 Å². The van der Waals surface area contributed by atoms with Crippen LogP contribution in [0.15, 0.2) is 16.6 Å². The van der Waals surface area contributed by atoms with Crippen LogP contribution in [-0.4, -0.2) is 0 Å². The number of halogens is 1. The van der Waals surface area contributed by atoms with Crippen molar-refractivity contribution in [3.8, 4) is 12.1 Å². The molecule has 2 nitrogen and oxygen atoms in total. The summed E-state index contributed by atoms with van der Waals surface area (Å²) in [5.41, 5.74) is 1.70. The van der Waals surface area contributed by atoms with Gasteiger partial charge in [-0.25, -0.2) is 0 Å². The minimum absolute atomic E-state index is 0.414. The Bertz CT molecular complexity index is 357. The van der Waals surface area contributed by atoms with Gasteiger partial charge in [0.15, 0.2) is 0 Å². The van der Waals surface area contributed by atoms with Crippen molar-refractivity contribution in [2.75, 3.05) is 0 Å². The highest BCUT2D eigenvalue weighted by molar-refractivity contribution is 9.10. The molecule has 0 radical (unpaired) electrons. The molecule has 3 heteroatoms. The van der Waals surface area contributed by atoms with E-state index >= 15 is 0 Å². The van der Waals surface area contributed by atoms with Crippen molar-refractivity contribution in [2.24, 2.45) is 0 Å². The summed E-state index contributed by atoms with van der Waals surface area (Å²) in [6.45, 7) is 1.81. The highest BCUT2D eigenvalue weighted by Crippen LogP contribution is 2.21. The minimum Gasteiger partial charge on any atom is -0.192 e. The molecule has 0 aromatic heterocycles. The molecule has 0 fully saturated rings. The topological polar surface area (TPSA) is 47.6 Å². The molecule has 0 amide bonds. The molecule has 0 unspecified atom stereocenters. The highest BCUT2D eigenvalue weighted by Gasteiger charge is 2.07. The van der Waals surface area contributed by atoms with Crippen molar-refractivity contribution in [2.45, 2.75) is 6.92 Å². The van der Waals surface area contributed by atoms with Gasteiger partial charge in [0.25, 0.3) is 0 Å². The van der Waals surface area contributed by atoms with Gasteiger partial charge in [0, 0.05) is 4.47 Å². The van der Waals surface area contributed by atoms with Crippen molar-refractivity contribution in [3.05, 3.63) is 33.3 Å². The van der Waals surface area contributed by atoms with Gasteiger partial charge in [0.05, 0.1) is 11.1 Å². The molecule has 1 rings (SSSR count). The Morgan fingerprint density at radius 2 is 1.75 bits per heavy atom. The molecule has 1 aromatic carbocycles. The van der Waals surface area contributed by atoms with E-state index in [1.165, 1.54) is 0 Å². The van der Waals surface area contributed by atoms with Crippen LogP contribution < -0.4 is 0 Å². The van der Waals surface area contributed by atoms with Crippen molar-refractivity contribution >= 4 is 15.9 Å². The van der Waals surface area contributed by atoms with Crippen LogP contribution >= 0.6 is 15.9 Å². The molecule has 0 N–H and O–H groups in total. The minimum atomic E-state index is 0.414. The molecule has 0 heterocycles. The predicted molar refractivity (Wildman–Crippen MR) is 48.3 cm³/mol. The van der Waals surface area contributed by atoms with E-state index in [4.69, 9.17) is 10.5 Å². The summed E-state index contributed by atoms with van der Waals surface area (Å²) in [7, 11) is 0. The zero-order valence-corrected chi connectivity index (χ0v) is 8.01. The molecule has 0 aliphatic rings. The van der Waals surface area contributed by atoms with E-state index in [9.17, 15) is 0 Å². The normalized spacial score (nSPS) is 8.67. The van der Waals surface area contributed by atoms with Crippen LogP contribution in [0.25, 0.3) is 0 Å². The van der Waals surface area contributed by atoms with Gasteiger partial charge in [0.2, 0.25) is 0 Å². The summed E-state index contributed by atoms with van der Waals surface area (Å²) in [6.07, 6.45) is 0. The number of nitrogens with zero attached hydrogens (tertiary/aromatic N) is 2. The number of hydrogen-bond acceptors (Lipinski definition) is 2. The third-order valence-electron chi connectivity index (χ3n) is 1.59. The number of nitriles is 2. The maximum absolute atomic E-state index is 8.73. The van der Waals surface area contributed by atoms with Gasteiger partial charge in [-0.15, -0.1) is 0 Å². The molecule has 0 spiro atoms. The number of aryl methyl sites for hydroxylation is 1. The third-order valence-corrected chi connectivity index (χ3v) is 2.25. The zero-order valence-electron chi connectivity index (χ0n) is 6.43. The molecule has 0 aliphatic heterocycles. The van der Waals surface area contributed by atoms with Gasteiger partial charge >= 0.3 is 0 Å². The van der Waals surface area contributed by atoms with Gasteiger partial charge in [0.1, 0.15) is 12.1 Å². The first-order chi connectivity index (χ1) is 5.70. The first kappa shape index (κ1) is 8.77. The van der Waals surface area contributed by atoms with E-state index in [1.807, 2.05) is 25.1 Å². The summed E-state index contributed by atoms with van der Waals surface area (Å²) < 4.78 is 0.673. The fourth-order valence-corrected chi connectivity index (χ4v) is 1.35. The largest absolute Gasteiger partial charge is 0.192 e. The van der Waals surface area contributed by atoms with Gasteiger partial charge in [-0.05, 0) is 34.5 Å². The molecule has 0 saturated carbocycles. The van der Waals surface area contributed by atoms with Crippen LogP contribution in [0.2, 0.25) is 0 Å². The average Bonchev–Trinajstić information content (AvgIpc) is 2.08. The van der Waals surface area contributed by atoms with Crippen LogP contribution in [0.5, 0.6) is 0 Å². The van der Waals surface area contributed by atoms with Crippen molar-refractivity contribution in [1.29, 1.82) is 10.5 Å². The van der Waals surface area contributed by atoms with Crippen LogP contribution in [0, 0.1) is 29.6 Å². The zero-order chi connectivity index (χ0) is 9.14. The van der Waals surface area contributed by atoms with E-state index < -0.39 is 0 Å². The highest BCUT2D eigenvalue weighted by atomic mass is 79.9. The fourth-order valence-electron chi connectivity index (χ4n) is 0.935. The summed E-state index contributed by atoms with van der Waals surface area (Å²) in [5.74, 6) is 0. The second kappa shape index (κ2) is 3.38. The lowest BCUT2D eigenvalue weighted by Gasteiger charge is -2.00. The van der Waals surface area contributed by atoms with E-state index in [1.54, 1.807) is 6.07 Å². The third kappa shape index (κ3) is 1.32. The van der Waals surface area contributed by atoms with E-state index in [2.05, 4.69) is 15.9 Å². The number of rotatable bonds is 0. The first-order valence-corrected chi connectivity index (χ1v) is 4.09. The predicted octanol–water partition coefficient (Wildman–Crippen LogP) is 2.50. The number of benzene rings is 1. The summed E-state index contributed by atoms with van der Waals surface area (Å²) in [5, 5.41) is 17.5. The quantitative estimate of drug-likeness (QED) is 0.675. The smallest absolute Gasteiger partial charge is 0.102 e. The Balaban J connectivity index is 3.55. The van der Waals surface area contributed by atoms with Crippen LogP contribution in [0.4, 0.5) is 0 Å². The van der Waals surface area contributed by atoms with E-state index in [0.29, 0.717) is 15.6 Å². The fraction of sp³-hybridized carbons (Fsp3) is 0.111. The lowest BCUT2D eigenvalue weighted by molar-refractivity contribution is 1.34. The summed E-state index contributed by atoms with van der Waals surface area (Å²) in [6, 6.07) is 7.57. The van der Waals surface area contributed by atoms with Crippen LogP contribution in [0.3, 0.4) is 0 Å². The van der Waals surface area contributed by atoms with E-state index in [-0.39, 0.29) is 0 Å². The lowest BCUT2D eigenvalue weighted by atomic mass is 10.0. The molecule has 0 saturated heterocycles. The molecule has 12 heavy (non-hydrogen) atoms. The SMILES string of the molecule is Cc1ccc(Br)c(C#N)c1C#N. The first-order valence-electron chi connectivity index (χ1n) is 3.30. The maximum Gasteiger partial charge on any atom is 0.102 e. The lowest BCUT2D eigenvalue weighted by Crippen LogP contribution is -1.89. The van der Waals surface area contributed by atoms with Crippen molar-refractivity contribution in [3.63, 3.8) is 0 Å². The second-order valence-corrected chi connectivity index (χ2v) is 3.19. The Hall–Kier alpha value is -1.32. The Morgan fingerprint density at radius 3 is 2.17 bits per heavy atom. The van der Waals surface area contributed by atoms with Crippen molar-refractivity contribution in [1.82, 2.24) is 0 Å². The van der Waals surface area contributed by atoms with Gasteiger partial charge < -0.3 is 0 Å². The summed E-state index contributed by atoms with van der Waals surface area (Å²) in [4.78, 5) is 0. The molecule has 1 aromatic rings. The Labute approximate surface area is 79.2 Å². The molecule has 0 bridgehead atoms. The average molecular weight is 221 g/mol. The maximum atomic E-state index is 8.73. The van der Waals surface area contributed by atoms with E-state index in [0.717, 1.165) is 5.56 Å². The molecular weight excluding hydrogens is 216 g/mol. The van der Waals surface area contributed by atoms with Crippen molar-refractivity contribution < 1.29 is 0 Å². The van der Waals surface area contributed by atoms with Gasteiger partial charge in [-0.1, -0.05) is 6.07 Å². The summed E-state index contributed by atoms with van der Waals surface area (Å²) >= 11 is 3.21. The number of hydrogen-bond donors (Lipinski definition) is 0. The molecule has 58 valence electrons. The Morgan fingerprint density at radius 1 is 1.17 bits per heavy atom. The van der Waals surface area contributed by atoms with Crippen LogP contribution in [-0.2, 0) is 0 Å².